The number of carbonyl (C=O) groups excluding carboxylic acids is 1. The molecule has 0 saturated carbocycles. The lowest BCUT2D eigenvalue weighted by molar-refractivity contribution is -0.132. The van der Waals surface area contributed by atoms with E-state index in [1.54, 1.807) is 0 Å². The zero-order chi connectivity index (χ0) is 10.6. The smallest absolute Gasteiger partial charge is 0.362 e. The van der Waals surface area contributed by atoms with Crippen molar-refractivity contribution in [3.8, 4) is 0 Å². The van der Waals surface area contributed by atoms with E-state index in [2.05, 4.69) is 19.9 Å². The Morgan fingerprint density at radius 2 is 2.43 bits per heavy atom. The van der Waals surface area contributed by atoms with Gasteiger partial charge in [-0.05, 0) is 6.07 Å². The van der Waals surface area contributed by atoms with E-state index in [0.29, 0.717) is 0 Å². The van der Waals surface area contributed by atoms with Gasteiger partial charge in [-0.2, -0.15) is 0 Å². The molecular formula is C7H8N4O3. The number of ether oxygens (including phenoxy) is 1. The highest BCUT2D eigenvalue weighted by atomic mass is 16.5. The van der Waals surface area contributed by atoms with Gasteiger partial charge in [0, 0.05) is 6.20 Å². The van der Waals surface area contributed by atoms with Crippen molar-refractivity contribution in [1.82, 2.24) is 9.97 Å². The summed E-state index contributed by atoms with van der Waals surface area (Å²) in [5, 5.41) is 11.3. The van der Waals surface area contributed by atoms with Crippen molar-refractivity contribution >= 4 is 17.6 Å². The molecule has 0 amide bonds. The van der Waals surface area contributed by atoms with Gasteiger partial charge in [0.2, 0.25) is 11.7 Å². The minimum Gasteiger partial charge on any atom is -0.464 e. The average Bonchev–Trinajstić information content (AvgIpc) is 2.19. The minimum atomic E-state index is -0.800. The van der Waals surface area contributed by atoms with E-state index < -0.39 is 5.97 Å². The van der Waals surface area contributed by atoms with E-state index in [9.17, 15) is 4.79 Å². The summed E-state index contributed by atoms with van der Waals surface area (Å²) in [6, 6.07) is 1.38. The Hall–Kier alpha value is -2.18. The van der Waals surface area contributed by atoms with Crippen LogP contribution in [0.3, 0.4) is 0 Å². The molecule has 1 heterocycles. The third-order valence-corrected chi connectivity index (χ3v) is 1.40. The third kappa shape index (κ3) is 1.94. The summed E-state index contributed by atoms with van der Waals surface area (Å²) < 4.78 is 4.37. The first kappa shape index (κ1) is 9.90. The molecule has 7 nitrogen and oxygen atoms in total. The zero-order valence-electron chi connectivity index (χ0n) is 7.34. The number of nitrogens with zero attached hydrogens (tertiary/aromatic N) is 3. The van der Waals surface area contributed by atoms with Crippen molar-refractivity contribution in [2.45, 2.75) is 0 Å². The molecule has 7 heteroatoms. The summed E-state index contributed by atoms with van der Waals surface area (Å²) in [7, 11) is 1.16. The number of aromatic nitrogens is 2. The zero-order valence-corrected chi connectivity index (χ0v) is 7.34. The molecule has 1 aromatic heterocycles. The van der Waals surface area contributed by atoms with Gasteiger partial charge in [0.1, 0.15) is 5.69 Å². The molecule has 0 aromatic carbocycles. The largest absolute Gasteiger partial charge is 0.464 e. The molecule has 1 rings (SSSR count). The molecule has 0 aliphatic heterocycles. The topological polar surface area (TPSA) is 111 Å². The Morgan fingerprint density at radius 1 is 1.71 bits per heavy atom. The molecule has 0 radical (unpaired) electrons. The average molecular weight is 196 g/mol. The Morgan fingerprint density at radius 3 is 2.93 bits per heavy atom. The molecule has 0 aliphatic rings. The van der Waals surface area contributed by atoms with Gasteiger partial charge in [0.15, 0.2) is 0 Å². The molecule has 14 heavy (non-hydrogen) atoms. The Labute approximate surface area is 79.2 Å². The second-order valence-corrected chi connectivity index (χ2v) is 2.24. The highest BCUT2D eigenvalue weighted by Gasteiger charge is 2.16. The van der Waals surface area contributed by atoms with Crippen LogP contribution in [0.4, 0.5) is 5.95 Å². The summed E-state index contributed by atoms with van der Waals surface area (Å²) in [6.45, 7) is 0. The maximum Gasteiger partial charge on any atom is 0.362 e. The van der Waals surface area contributed by atoms with Gasteiger partial charge in [0.05, 0.1) is 7.11 Å². The first-order valence-corrected chi connectivity index (χ1v) is 3.58. The van der Waals surface area contributed by atoms with Crippen molar-refractivity contribution in [3.05, 3.63) is 18.0 Å². The van der Waals surface area contributed by atoms with Crippen molar-refractivity contribution in [2.75, 3.05) is 12.8 Å². The number of oxime groups is 1. The van der Waals surface area contributed by atoms with E-state index in [1.807, 2.05) is 0 Å². The standard InChI is InChI=1S/C7H8N4O3/c1-14-6(12)5(11-13)4-2-3-9-7(8)10-4/h2-3,13H,1H3,(H2,8,9,10)/b11-5+. The fourth-order valence-corrected chi connectivity index (χ4v) is 0.799. The van der Waals surface area contributed by atoms with Crippen LogP contribution in [-0.4, -0.2) is 34.0 Å². The van der Waals surface area contributed by atoms with Crippen LogP contribution in [0, 0.1) is 0 Å². The van der Waals surface area contributed by atoms with E-state index in [4.69, 9.17) is 10.9 Å². The SMILES string of the molecule is COC(=O)/C(=N/O)c1ccnc(N)n1. The van der Waals surface area contributed by atoms with E-state index in [-0.39, 0.29) is 17.4 Å². The lowest BCUT2D eigenvalue weighted by atomic mass is 10.2. The third-order valence-electron chi connectivity index (χ3n) is 1.40. The van der Waals surface area contributed by atoms with E-state index in [0.717, 1.165) is 7.11 Å². The van der Waals surface area contributed by atoms with Crippen LogP contribution in [0.15, 0.2) is 17.4 Å². The summed E-state index contributed by atoms with van der Waals surface area (Å²) in [4.78, 5) is 18.3. The minimum absolute atomic E-state index is 0.0208. The van der Waals surface area contributed by atoms with Crippen LogP contribution in [0.5, 0.6) is 0 Å². The number of esters is 1. The Balaban J connectivity index is 3.08. The highest BCUT2D eigenvalue weighted by molar-refractivity contribution is 6.42. The highest BCUT2D eigenvalue weighted by Crippen LogP contribution is 2.00. The number of hydrogen-bond donors (Lipinski definition) is 2. The van der Waals surface area contributed by atoms with Crippen molar-refractivity contribution in [2.24, 2.45) is 5.16 Å². The number of methoxy groups -OCH3 is 1. The van der Waals surface area contributed by atoms with Crippen LogP contribution in [0.2, 0.25) is 0 Å². The van der Waals surface area contributed by atoms with Gasteiger partial charge in [0.25, 0.3) is 0 Å². The maximum atomic E-state index is 11.0. The summed E-state index contributed by atoms with van der Waals surface area (Å²) >= 11 is 0. The number of nitrogens with two attached hydrogens (primary N) is 1. The van der Waals surface area contributed by atoms with Gasteiger partial charge in [-0.1, -0.05) is 5.16 Å². The molecule has 3 N–H and O–H groups in total. The van der Waals surface area contributed by atoms with Gasteiger partial charge in [-0.15, -0.1) is 0 Å². The summed E-state index contributed by atoms with van der Waals surface area (Å²) in [6.07, 6.45) is 1.34. The van der Waals surface area contributed by atoms with E-state index in [1.165, 1.54) is 12.3 Å². The summed E-state index contributed by atoms with van der Waals surface area (Å²) in [5.74, 6) is -0.821. The second kappa shape index (κ2) is 4.17. The molecule has 0 unspecified atom stereocenters. The first-order valence-electron chi connectivity index (χ1n) is 3.58. The molecule has 0 spiro atoms. The fourth-order valence-electron chi connectivity index (χ4n) is 0.799. The molecule has 0 bridgehead atoms. The lowest BCUT2D eigenvalue weighted by Gasteiger charge is -2.01. The number of carbonyl (C=O) groups is 1. The summed E-state index contributed by atoms with van der Waals surface area (Å²) in [5.41, 5.74) is 5.07. The molecule has 0 saturated heterocycles. The van der Waals surface area contributed by atoms with Gasteiger partial charge in [-0.3, -0.25) is 0 Å². The van der Waals surface area contributed by atoms with Gasteiger partial charge in [-0.25, -0.2) is 14.8 Å². The lowest BCUT2D eigenvalue weighted by Crippen LogP contribution is -2.19. The number of hydrogen-bond acceptors (Lipinski definition) is 7. The van der Waals surface area contributed by atoms with Crippen molar-refractivity contribution in [3.63, 3.8) is 0 Å². The van der Waals surface area contributed by atoms with Crippen LogP contribution in [0.25, 0.3) is 0 Å². The fraction of sp³-hybridized carbons (Fsp3) is 0.143. The number of rotatable bonds is 2. The van der Waals surface area contributed by atoms with Gasteiger partial charge >= 0.3 is 5.97 Å². The molecule has 1 aromatic rings. The Bertz CT molecular complexity index is 377. The normalized spacial score (nSPS) is 11.1. The quantitative estimate of drug-likeness (QED) is 0.283. The van der Waals surface area contributed by atoms with Crippen LogP contribution >= 0.6 is 0 Å². The molecular weight excluding hydrogens is 188 g/mol. The maximum absolute atomic E-state index is 11.0. The van der Waals surface area contributed by atoms with Crippen LogP contribution < -0.4 is 5.73 Å². The molecule has 0 aliphatic carbocycles. The second-order valence-electron chi connectivity index (χ2n) is 2.24. The predicted octanol–water partition coefficient (Wildman–Crippen LogP) is -0.590. The predicted molar refractivity (Wildman–Crippen MR) is 46.8 cm³/mol. The van der Waals surface area contributed by atoms with Gasteiger partial charge < -0.3 is 15.7 Å². The van der Waals surface area contributed by atoms with Crippen molar-refractivity contribution < 1.29 is 14.7 Å². The number of nitrogen functional groups attached to an aromatic ring is 1. The van der Waals surface area contributed by atoms with Crippen LogP contribution in [-0.2, 0) is 9.53 Å². The first-order chi connectivity index (χ1) is 6.69. The van der Waals surface area contributed by atoms with Crippen molar-refractivity contribution in [1.29, 1.82) is 0 Å². The van der Waals surface area contributed by atoms with E-state index >= 15 is 0 Å². The Kier molecular flexibility index (Phi) is 2.95. The monoisotopic (exact) mass is 196 g/mol. The molecule has 0 fully saturated rings. The van der Waals surface area contributed by atoms with Crippen LogP contribution in [0.1, 0.15) is 5.69 Å². The number of anilines is 1. The molecule has 74 valence electrons. The molecule has 0 atom stereocenters.